The molecule has 0 saturated heterocycles. The average Bonchev–Trinajstić information content (AvgIpc) is 2.54. The molecular formula is C16H16BrNO2S. The van der Waals surface area contributed by atoms with Gasteiger partial charge in [0.25, 0.3) is 0 Å². The topological polar surface area (TPSA) is 39.2 Å². The van der Waals surface area contributed by atoms with E-state index in [0.29, 0.717) is 18.1 Å². The van der Waals surface area contributed by atoms with Crippen molar-refractivity contribution in [3.05, 3.63) is 59.9 Å². The average molecular weight is 366 g/mol. The van der Waals surface area contributed by atoms with E-state index in [1.54, 1.807) is 30.1 Å². The number of nitrogens with zero attached hydrogens (tertiary/aromatic N) is 1. The Kier molecular flexibility index (Phi) is 6.26. The lowest BCUT2D eigenvalue weighted by atomic mass is 10.2. The first kappa shape index (κ1) is 16.0. The van der Waals surface area contributed by atoms with Crippen molar-refractivity contribution >= 4 is 33.5 Å². The Morgan fingerprint density at radius 3 is 2.67 bits per heavy atom. The molecule has 0 fully saturated rings. The van der Waals surface area contributed by atoms with Crippen molar-refractivity contribution in [1.82, 2.24) is 4.98 Å². The quantitative estimate of drug-likeness (QED) is 0.541. The van der Waals surface area contributed by atoms with Gasteiger partial charge in [0.05, 0.1) is 6.20 Å². The lowest BCUT2D eigenvalue weighted by Gasteiger charge is -2.08. The number of carbonyl (C=O) groups is 1. The van der Waals surface area contributed by atoms with Crippen LogP contribution in [0.15, 0.2) is 48.7 Å². The Hall–Kier alpha value is -1.33. The van der Waals surface area contributed by atoms with Crippen LogP contribution in [0.2, 0.25) is 0 Å². The Morgan fingerprint density at radius 1 is 1.29 bits per heavy atom. The van der Waals surface area contributed by atoms with Gasteiger partial charge in [0.1, 0.15) is 22.2 Å². The summed E-state index contributed by atoms with van der Waals surface area (Å²) in [5.74, 6) is 1.51. The highest BCUT2D eigenvalue weighted by Gasteiger charge is 2.17. The normalized spacial score (nSPS) is 11.9. The predicted octanol–water partition coefficient (Wildman–Crippen LogP) is 4.32. The molecule has 0 radical (unpaired) electrons. The van der Waals surface area contributed by atoms with E-state index >= 15 is 0 Å². The molecule has 0 saturated carbocycles. The number of carbonyl (C=O) groups excluding carboxylic acids is 1. The second kappa shape index (κ2) is 8.20. The fourth-order valence-corrected chi connectivity index (χ4v) is 3.28. The van der Waals surface area contributed by atoms with Crippen molar-refractivity contribution in [3.63, 3.8) is 0 Å². The van der Waals surface area contributed by atoms with Gasteiger partial charge in [-0.05, 0) is 23.4 Å². The number of halogens is 1. The van der Waals surface area contributed by atoms with E-state index in [0.717, 1.165) is 11.3 Å². The molecule has 0 spiro atoms. The summed E-state index contributed by atoms with van der Waals surface area (Å²) >= 11 is 4.90. The fraction of sp³-hybridized carbons (Fsp3) is 0.250. The van der Waals surface area contributed by atoms with Crippen LogP contribution < -0.4 is 4.74 Å². The molecule has 1 aromatic heterocycles. The smallest absolute Gasteiger partial charge is 0.204 e. The number of pyridine rings is 1. The number of hydrogen-bond donors (Lipinski definition) is 0. The number of Topliss-reactive ketones (excluding diaryl/α,β-unsaturated/α-hetero) is 1. The molecular weight excluding hydrogens is 350 g/mol. The van der Waals surface area contributed by atoms with E-state index in [9.17, 15) is 4.79 Å². The first-order valence-corrected chi connectivity index (χ1v) is 8.60. The summed E-state index contributed by atoms with van der Waals surface area (Å²) in [5.41, 5.74) is 1.54. The summed E-state index contributed by atoms with van der Waals surface area (Å²) in [6, 6.07) is 13.4. The molecule has 2 rings (SSSR count). The van der Waals surface area contributed by atoms with Gasteiger partial charge in [-0.3, -0.25) is 4.79 Å². The zero-order valence-electron chi connectivity index (χ0n) is 11.7. The van der Waals surface area contributed by atoms with Crippen LogP contribution in [0, 0.1) is 0 Å². The van der Waals surface area contributed by atoms with E-state index in [2.05, 4.69) is 20.9 Å². The number of ether oxygens (including phenoxy) is 1. The molecule has 0 aliphatic carbocycles. The first-order valence-electron chi connectivity index (χ1n) is 6.63. The number of hydrogen-bond acceptors (Lipinski definition) is 4. The van der Waals surface area contributed by atoms with Gasteiger partial charge < -0.3 is 4.74 Å². The second-order valence-electron chi connectivity index (χ2n) is 4.29. The van der Waals surface area contributed by atoms with Crippen LogP contribution in [0.25, 0.3) is 0 Å². The van der Waals surface area contributed by atoms with Crippen LogP contribution in [-0.2, 0) is 6.61 Å². The van der Waals surface area contributed by atoms with Crippen molar-refractivity contribution < 1.29 is 9.53 Å². The maximum absolute atomic E-state index is 12.1. The summed E-state index contributed by atoms with van der Waals surface area (Å²) in [6.45, 7) is 2.50. The van der Waals surface area contributed by atoms with Crippen LogP contribution in [0.1, 0.15) is 23.0 Å². The van der Waals surface area contributed by atoms with E-state index < -0.39 is 0 Å². The van der Waals surface area contributed by atoms with Gasteiger partial charge in [0.2, 0.25) is 5.78 Å². The molecule has 5 heteroatoms. The molecule has 1 unspecified atom stereocenters. The maximum Gasteiger partial charge on any atom is 0.204 e. The van der Waals surface area contributed by atoms with Gasteiger partial charge in [0, 0.05) is 0 Å². The van der Waals surface area contributed by atoms with Gasteiger partial charge >= 0.3 is 0 Å². The lowest BCUT2D eigenvalue weighted by molar-refractivity contribution is 0.101. The zero-order valence-corrected chi connectivity index (χ0v) is 14.1. The van der Waals surface area contributed by atoms with Gasteiger partial charge in [-0.25, -0.2) is 4.98 Å². The van der Waals surface area contributed by atoms with Crippen LogP contribution >= 0.6 is 27.7 Å². The molecule has 1 atom stereocenters. The predicted molar refractivity (Wildman–Crippen MR) is 90.2 cm³/mol. The van der Waals surface area contributed by atoms with Gasteiger partial charge in [-0.2, -0.15) is 0 Å². The van der Waals surface area contributed by atoms with Crippen LogP contribution in [0.3, 0.4) is 0 Å². The summed E-state index contributed by atoms with van der Waals surface area (Å²) in [5, 5.41) is 0. The van der Waals surface area contributed by atoms with Crippen molar-refractivity contribution in [1.29, 1.82) is 0 Å². The van der Waals surface area contributed by atoms with Crippen LogP contribution in [-0.4, -0.2) is 20.7 Å². The highest BCUT2D eigenvalue weighted by atomic mass is 79.9. The monoisotopic (exact) mass is 365 g/mol. The van der Waals surface area contributed by atoms with Crippen molar-refractivity contribution in [3.8, 4) is 5.75 Å². The van der Waals surface area contributed by atoms with Crippen molar-refractivity contribution in [2.45, 2.75) is 17.7 Å². The number of aromatic nitrogens is 1. The lowest BCUT2D eigenvalue weighted by Crippen LogP contribution is -2.12. The summed E-state index contributed by atoms with van der Waals surface area (Å²) in [4.78, 5) is 16.2. The van der Waals surface area contributed by atoms with Crippen molar-refractivity contribution in [2.75, 3.05) is 5.75 Å². The van der Waals surface area contributed by atoms with Gasteiger partial charge in [-0.15, -0.1) is 11.8 Å². The minimum atomic E-state index is -0.244. The third kappa shape index (κ3) is 4.86. The van der Waals surface area contributed by atoms with Gasteiger partial charge in [0.15, 0.2) is 0 Å². The maximum atomic E-state index is 12.1. The molecule has 3 nitrogen and oxygen atoms in total. The van der Waals surface area contributed by atoms with Gasteiger partial charge in [-0.1, -0.05) is 53.2 Å². The minimum Gasteiger partial charge on any atom is -0.487 e. The third-order valence-corrected chi connectivity index (χ3v) is 4.81. The Balaban J connectivity index is 1.94. The number of ketones is 1. The SMILES string of the molecule is CCSC(Br)C(=O)c1ccc(OCc2ccccc2)cn1. The molecule has 21 heavy (non-hydrogen) atoms. The molecule has 2 aromatic rings. The first-order chi connectivity index (χ1) is 10.2. The molecule has 0 bridgehead atoms. The molecule has 1 aromatic carbocycles. The largest absolute Gasteiger partial charge is 0.487 e. The highest BCUT2D eigenvalue weighted by molar-refractivity contribution is 9.11. The summed E-state index contributed by atoms with van der Waals surface area (Å²) in [7, 11) is 0. The van der Waals surface area contributed by atoms with E-state index in [4.69, 9.17) is 4.74 Å². The molecule has 0 amide bonds. The minimum absolute atomic E-state index is 0.0172. The molecule has 0 aliphatic heterocycles. The van der Waals surface area contributed by atoms with Crippen LogP contribution in [0.4, 0.5) is 0 Å². The van der Waals surface area contributed by atoms with E-state index in [-0.39, 0.29) is 9.94 Å². The third-order valence-electron chi connectivity index (χ3n) is 2.76. The number of thioether (sulfide) groups is 1. The van der Waals surface area contributed by atoms with Crippen LogP contribution in [0.5, 0.6) is 5.75 Å². The van der Waals surface area contributed by atoms with Crippen molar-refractivity contribution in [2.24, 2.45) is 0 Å². The molecule has 1 heterocycles. The van der Waals surface area contributed by atoms with E-state index in [1.807, 2.05) is 37.3 Å². The Morgan fingerprint density at radius 2 is 2.05 bits per heavy atom. The zero-order chi connectivity index (χ0) is 15.1. The number of benzene rings is 1. The molecule has 0 N–H and O–H groups in total. The fourth-order valence-electron chi connectivity index (χ4n) is 1.69. The standard InChI is InChI=1S/C16H16BrNO2S/c1-2-21-16(17)15(19)14-9-8-13(10-18-14)20-11-12-6-4-3-5-7-12/h3-10,16H,2,11H2,1H3. The summed E-state index contributed by atoms with van der Waals surface area (Å²) < 4.78 is 5.40. The number of rotatable bonds is 7. The number of alkyl halides is 1. The van der Waals surface area contributed by atoms with E-state index in [1.165, 1.54) is 0 Å². The summed E-state index contributed by atoms with van der Waals surface area (Å²) in [6.07, 6.45) is 1.59. The highest BCUT2D eigenvalue weighted by Crippen LogP contribution is 2.22. The Bertz CT molecular complexity index is 575. The molecule has 110 valence electrons. The molecule has 0 aliphatic rings. The Labute approximate surface area is 137 Å². The second-order valence-corrected chi connectivity index (χ2v) is 7.19.